The first kappa shape index (κ1) is 13.8. The van der Waals surface area contributed by atoms with Crippen LogP contribution in [0.2, 0.25) is 0 Å². The molecule has 3 aromatic carbocycles. The van der Waals surface area contributed by atoms with E-state index in [-0.39, 0.29) is 15.9 Å². The zero-order valence-electron chi connectivity index (χ0n) is 10.9. The molecule has 3 aromatic rings. The molecule has 0 saturated carbocycles. The summed E-state index contributed by atoms with van der Waals surface area (Å²) in [7, 11) is 0. The second-order valence-electron chi connectivity index (χ2n) is 4.58. The summed E-state index contributed by atoms with van der Waals surface area (Å²) in [6.45, 7) is 0. The molecule has 0 atom stereocenters. The number of hydrogen-bond donors (Lipinski definition) is 1. The number of amides is 1. The van der Waals surface area contributed by atoms with Gasteiger partial charge in [-0.05, 0) is 39.5 Å². The molecular weight excluding hydrogens is 333 g/mol. The maximum Gasteiger partial charge on any atom is 0.256 e. The van der Waals surface area contributed by atoms with Crippen molar-refractivity contribution in [3.63, 3.8) is 0 Å². The van der Waals surface area contributed by atoms with Crippen molar-refractivity contribution in [1.82, 2.24) is 0 Å². The second-order valence-corrected chi connectivity index (χ2v) is 5.38. The van der Waals surface area contributed by atoms with Crippen LogP contribution < -0.4 is 5.32 Å². The lowest BCUT2D eigenvalue weighted by Gasteiger charge is -2.10. The van der Waals surface area contributed by atoms with Gasteiger partial charge in [-0.2, -0.15) is 0 Å². The van der Waals surface area contributed by atoms with Gasteiger partial charge in [-0.15, -0.1) is 0 Å². The number of carbonyl (C=O) groups is 1. The van der Waals surface area contributed by atoms with E-state index < -0.39 is 5.82 Å². The van der Waals surface area contributed by atoms with Crippen molar-refractivity contribution in [2.45, 2.75) is 0 Å². The summed E-state index contributed by atoms with van der Waals surface area (Å²) in [6, 6.07) is 17.8. The Bertz CT molecular complexity index is 827. The summed E-state index contributed by atoms with van der Waals surface area (Å²) in [5.41, 5.74) is 0.970. The zero-order valence-corrected chi connectivity index (χ0v) is 12.5. The summed E-state index contributed by atoms with van der Waals surface area (Å²) in [5, 5.41) is 4.81. The Hall–Kier alpha value is -2.20. The van der Waals surface area contributed by atoms with Gasteiger partial charge in [-0.3, -0.25) is 4.79 Å². The summed E-state index contributed by atoms with van der Waals surface area (Å²) in [6.07, 6.45) is 0. The van der Waals surface area contributed by atoms with Gasteiger partial charge in [0, 0.05) is 11.1 Å². The quantitative estimate of drug-likeness (QED) is 0.697. The van der Waals surface area contributed by atoms with E-state index in [9.17, 15) is 9.18 Å². The molecule has 0 aliphatic heterocycles. The molecule has 0 saturated heterocycles. The molecule has 1 amide bonds. The third-order valence-corrected chi connectivity index (χ3v) is 4.04. The number of halogens is 2. The van der Waals surface area contributed by atoms with Gasteiger partial charge in [0.25, 0.3) is 5.91 Å². The molecule has 0 bridgehead atoms. The van der Waals surface area contributed by atoms with E-state index in [2.05, 4.69) is 21.2 Å². The van der Waals surface area contributed by atoms with E-state index in [0.29, 0.717) is 5.69 Å². The first-order chi connectivity index (χ1) is 10.2. The first-order valence-corrected chi connectivity index (χ1v) is 7.19. The summed E-state index contributed by atoms with van der Waals surface area (Å²) in [4.78, 5) is 12.3. The SMILES string of the molecule is O=C(Nc1cccc2ccccc12)c1cccc(F)c1Br. The second kappa shape index (κ2) is 5.66. The Kier molecular flexibility index (Phi) is 3.71. The van der Waals surface area contributed by atoms with Crippen LogP contribution in [-0.4, -0.2) is 5.91 Å². The van der Waals surface area contributed by atoms with Crippen molar-refractivity contribution >= 4 is 38.3 Å². The fourth-order valence-electron chi connectivity index (χ4n) is 2.20. The molecule has 0 radical (unpaired) electrons. The number of benzene rings is 3. The molecule has 21 heavy (non-hydrogen) atoms. The molecule has 0 aromatic heterocycles. The number of fused-ring (bicyclic) bond motifs is 1. The van der Waals surface area contributed by atoms with Gasteiger partial charge in [0.1, 0.15) is 5.82 Å². The standard InChI is InChI=1S/C17H11BrFNO/c18-16-13(8-4-9-14(16)19)17(21)20-15-10-3-6-11-5-1-2-7-12(11)15/h1-10H,(H,20,21). The Morgan fingerprint density at radius 2 is 1.67 bits per heavy atom. The molecule has 0 unspecified atom stereocenters. The Labute approximate surface area is 129 Å². The molecular formula is C17H11BrFNO. The molecule has 2 nitrogen and oxygen atoms in total. The number of carbonyl (C=O) groups excluding carboxylic acids is 1. The van der Waals surface area contributed by atoms with Gasteiger partial charge >= 0.3 is 0 Å². The topological polar surface area (TPSA) is 29.1 Å². The van der Waals surface area contributed by atoms with E-state index in [1.807, 2.05) is 42.5 Å². The summed E-state index contributed by atoms with van der Waals surface area (Å²) < 4.78 is 13.7. The van der Waals surface area contributed by atoms with E-state index >= 15 is 0 Å². The largest absolute Gasteiger partial charge is 0.321 e. The van der Waals surface area contributed by atoms with Gasteiger partial charge in [0.2, 0.25) is 0 Å². The molecule has 0 fully saturated rings. The van der Waals surface area contributed by atoms with Gasteiger partial charge < -0.3 is 5.32 Å². The highest BCUT2D eigenvalue weighted by Gasteiger charge is 2.14. The van der Waals surface area contributed by atoms with Crippen molar-refractivity contribution in [2.75, 3.05) is 5.32 Å². The Morgan fingerprint density at radius 1 is 0.952 bits per heavy atom. The highest BCUT2D eigenvalue weighted by molar-refractivity contribution is 9.10. The third-order valence-electron chi connectivity index (χ3n) is 3.23. The van der Waals surface area contributed by atoms with Gasteiger partial charge in [0.15, 0.2) is 0 Å². The van der Waals surface area contributed by atoms with Crippen LogP contribution in [0.5, 0.6) is 0 Å². The highest BCUT2D eigenvalue weighted by atomic mass is 79.9. The molecule has 0 aliphatic rings. The lowest BCUT2D eigenvalue weighted by molar-refractivity contribution is 0.102. The number of anilines is 1. The van der Waals surface area contributed by atoms with E-state index in [0.717, 1.165) is 10.8 Å². The molecule has 0 heterocycles. The fraction of sp³-hybridized carbons (Fsp3) is 0. The molecule has 4 heteroatoms. The van der Waals surface area contributed by atoms with Crippen molar-refractivity contribution in [3.05, 3.63) is 76.5 Å². The molecule has 0 spiro atoms. The molecule has 104 valence electrons. The lowest BCUT2D eigenvalue weighted by atomic mass is 10.1. The van der Waals surface area contributed by atoms with Crippen LogP contribution in [0.4, 0.5) is 10.1 Å². The van der Waals surface area contributed by atoms with Crippen LogP contribution in [0, 0.1) is 5.82 Å². The minimum absolute atomic E-state index is 0.169. The number of hydrogen-bond acceptors (Lipinski definition) is 1. The minimum Gasteiger partial charge on any atom is -0.321 e. The maximum absolute atomic E-state index is 13.5. The fourth-order valence-corrected chi connectivity index (χ4v) is 2.65. The monoisotopic (exact) mass is 343 g/mol. The molecule has 3 rings (SSSR count). The van der Waals surface area contributed by atoms with E-state index in [1.54, 1.807) is 6.07 Å². The van der Waals surface area contributed by atoms with Crippen molar-refractivity contribution in [3.8, 4) is 0 Å². The van der Waals surface area contributed by atoms with Crippen molar-refractivity contribution in [1.29, 1.82) is 0 Å². The Morgan fingerprint density at radius 3 is 2.52 bits per heavy atom. The average molecular weight is 344 g/mol. The predicted octanol–water partition coefficient (Wildman–Crippen LogP) is 4.99. The number of rotatable bonds is 2. The maximum atomic E-state index is 13.5. The van der Waals surface area contributed by atoms with Gasteiger partial charge in [0.05, 0.1) is 10.0 Å². The Balaban J connectivity index is 1.99. The van der Waals surface area contributed by atoms with Gasteiger partial charge in [-0.1, -0.05) is 42.5 Å². The van der Waals surface area contributed by atoms with Crippen LogP contribution in [-0.2, 0) is 0 Å². The predicted molar refractivity (Wildman–Crippen MR) is 86.0 cm³/mol. The smallest absolute Gasteiger partial charge is 0.256 e. The lowest BCUT2D eigenvalue weighted by Crippen LogP contribution is -2.13. The van der Waals surface area contributed by atoms with Crippen molar-refractivity contribution in [2.24, 2.45) is 0 Å². The van der Waals surface area contributed by atoms with Crippen LogP contribution in [0.3, 0.4) is 0 Å². The number of nitrogens with one attached hydrogen (secondary N) is 1. The van der Waals surface area contributed by atoms with E-state index in [1.165, 1.54) is 12.1 Å². The van der Waals surface area contributed by atoms with E-state index in [4.69, 9.17) is 0 Å². The van der Waals surface area contributed by atoms with Crippen LogP contribution in [0.1, 0.15) is 10.4 Å². The van der Waals surface area contributed by atoms with Gasteiger partial charge in [-0.25, -0.2) is 4.39 Å². The summed E-state index contributed by atoms with van der Waals surface area (Å²) in [5.74, 6) is -0.807. The highest BCUT2D eigenvalue weighted by Crippen LogP contribution is 2.25. The average Bonchev–Trinajstić information content (AvgIpc) is 2.50. The third kappa shape index (κ3) is 2.67. The van der Waals surface area contributed by atoms with Crippen molar-refractivity contribution < 1.29 is 9.18 Å². The first-order valence-electron chi connectivity index (χ1n) is 6.40. The molecule has 0 aliphatic carbocycles. The van der Waals surface area contributed by atoms with Crippen LogP contribution in [0.25, 0.3) is 10.8 Å². The van der Waals surface area contributed by atoms with Crippen LogP contribution in [0.15, 0.2) is 65.1 Å². The minimum atomic E-state index is -0.458. The normalized spacial score (nSPS) is 10.6. The van der Waals surface area contributed by atoms with Crippen LogP contribution >= 0.6 is 15.9 Å². The zero-order chi connectivity index (χ0) is 14.8. The summed E-state index contributed by atoms with van der Waals surface area (Å²) >= 11 is 3.11. The molecule has 1 N–H and O–H groups in total.